The first-order chi connectivity index (χ1) is 12.1. The highest BCUT2D eigenvalue weighted by molar-refractivity contribution is 5.93. The normalized spacial score (nSPS) is 10.8. The van der Waals surface area contributed by atoms with Crippen LogP contribution in [0, 0.1) is 5.82 Å². The van der Waals surface area contributed by atoms with Crippen LogP contribution < -0.4 is 4.74 Å². The first-order valence-electron chi connectivity index (χ1n) is 8.17. The van der Waals surface area contributed by atoms with Gasteiger partial charge in [0.1, 0.15) is 18.2 Å². The van der Waals surface area contributed by atoms with Crippen molar-refractivity contribution in [1.82, 2.24) is 4.57 Å². The van der Waals surface area contributed by atoms with Gasteiger partial charge < -0.3 is 14.0 Å². The van der Waals surface area contributed by atoms with E-state index in [4.69, 9.17) is 9.47 Å². The molecule has 0 fully saturated rings. The Balaban J connectivity index is 2.03. The highest BCUT2D eigenvalue weighted by atomic mass is 19.1. The van der Waals surface area contributed by atoms with Crippen molar-refractivity contribution >= 4 is 16.9 Å². The van der Waals surface area contributed by atoms with E-state index >= 15 is 0 Å². The maximum Gasteiger partial charge on any atom is 0.310 e. The molecule has 0 aliphatic heterocycles. The smallest absolute Gasteiger partial charge is 0.310 e. The predicted molar refractivity (Wildman–Crippen MR) is 94.1 cm³/mol. The molecular formula is C20H20FNO3. The number of benzene rings is 2. The van der Waals surface area contributed by atoms with Crippen LogP contribution in [0.2, 0.25) is 0 Å². The van der Waals surface area contributed by atoms with Crippen LogP contribution in [0.3, 0.4) is 0 Å². The fourth-order valence-electron chi connectivity index (χ4n) is 2.91. The number of halogens is 1. The summed E-state index contributed by atoms with van der Waals surface area (Å²) in [6, 6.07) is 12.5. The average molecular weight is 341 g/mol. The Labute approximate surface area is 145 Å². The van der Waals surface area contributed by atoms with E-state index in [0.29, 0.717) is 24.4 Å². The van der Waals surface area contributed by atoms with Gasteiger partial charge in [-0.1, -0.05) is 30.3 Å². The van der Waals surface area contributed by atoms with Crippen molar-refractivity contribution in [2.75, 3.05) is 7.11 Å². The summed E-state index contributed by atoms with van der Waals surface area (Å²) in [6.45, 7) is 2.96. The maximum absolute atomic E-state index is 14.1. The molecule has 3 aromatic rings. The second kappa shape index (κ2) is 7.38. The minimum absolute atomic E-state index is 0.118. The van der Waals surface area contributed by atoms with Crippen molar-refractivity contribution in [3.8, 4) is 5.75 Å². The van der Waals surface area contributed by atoms with Crippen LogP contribution in [0.15, 0.2) is 48.7 Å². The summed E-state index contributed by atoms with van der Waals surface area (Å²) in [7, 11) is 1.35. The fraction of sp³-hybridized carbons (Fsp3) is 0.250. The van der Waals surface area contributed by atoms with Crippen LogP contribution in [-0.4, -0.2) is 17.6 Å². The molecule has 0 atom stereocenters. The number of aromatic nitrogens is 1. The number of esters is 1. The summed E-state index contributed by atoms with van der Waals surface area (Å²) in [5.41, 5.74) is 2.47. The van der Waals surface area contributed by atoms with Gasteiger partial charge in [-0.3, -0.25) is 4.79 Å². The minimum atomic E-state index is -0.368. The van der Waals surface area contributed by atoms with Crippen molar-refractivity contribution in [3.05, 3.63) is 65.6 Å². The van der Waals surface area contributed by atoms with Crippen LogP contribution in [0.1, 0.15) is 18.1 Å². The van der Waals surface area contributed by atoms with Gasteiger partial charge in [0.25, 0.3) is 0 Å². The summed E-state index contributed by atoms with van der Waals surface area (Å²) in [6.07, 6.45) is 1.98. The molecule has 0 aliphatic rings. The third-order valence-corrected chi connectivity index (χ3v) is 4.13. The Morgan fingerprint density at radius 3 is 2.64 bits per heavy atom. The standard InChI is InChI=1S/C20H20FNO3/c1-3-22-12-15(9-19(23)24-2)20-17(22)10-16(21)11-18(20)25-13-14-7-5-4-6-8-14/h4-8,10-12H,3,9,13H2,1-2H3. The number of rotatable bonds is 6. The van der Waals surface area contributed by atoms with Crippen molar-refractivity contribution in [1.29, 1.82) is 0 Å². The first-order valence-corrected chi connectivity index (χ1v) is 8.17. The lowest BCUT2D eigenvalue weighted by molar-refractivity contribution is -0.139. The Hall–Kier alpha value is -2.82. The lowest BCUT2D eigenvalue weighted by atomic mass is 10.1. The van der Waals surface area contributed by atoms with E-state index in [0.717, 1.165) is 16.5 Å². The molecule has 0 aliphatic carbocycles. The molecular weight excluding hydrogens is 321 g/mol. The lowest BCUT2D eigenvalue weighted by Gasteiger charge is -2.10. The molecule has 0 radical (unpaired) electrons. The van der Waals surface area contributed by atoms with Gasteiger partial charge in [-0.15, -0.1) is 0 Å². The molecule has 1 heterocycles. The highest BCUT2D eigenvalue weighted by Crippen LogP contribution is 2.33. The van der Waals surface area contributed by atoms with E-state index in [1.54, 1.807) is 0 Å². The largest absolute Gasteiger partial charge is 0.488 e. The van der Waals surface area contributed by atoms with Gasteiger partial charge >= 0.3 is 5.97 Å². The van der Waals surface area contributed by atoms with E-state index in [2.05, 4.69) is 0 Å². The topological polar surface area (TPSA) is 40.5 Å². The molecule has 0 bridgehead atoms. The molecule has 1 aromatic heterocycles. The molecule has 0 saturated carbocycles. The summed E-state index contributed by atoms with van der Waals surface area (Å²) < 4.78 is 26.7. The van der Waals surface area contributed by atoms with E-state index in [-0.39, 0.29) is 18.2 Å². The molecule has 0 spiro atoms. The molecule has 0 N–H and O–H groups in total. The second-order valence-electron chi connectivity index (χ2n) is 5.77. The van der Waals surface area contributed by atoms with E-state index in [9.17, 15) is 9.18 Å². The van der Waals surface area contributed by atoms with Crippen molar-refractivity contribution in [3.63, 3.8) is 0 Å². The van der Waals surface area contributed by atoms with Gasteiger partial charge in [-0.2, -0.15) is 0 Å². The average Bonchev–Trinajstić information content (AvgIpc) is 2.97. The summed E-state index contributed by atoms with van der Waals surface area (Å²) in [5, 5.41) is 0.754. The Bertz CT molecular complexity index is 887. The Morgan fingerprint density at radius 2 is 1.96 bits per heavy atom. The maximum atomic E-state index is 14.1. The molecule has 2 aromatic carbocycles. The van der Waals surface area contributed by atoms with Gasteiger partial charge in [0.05, 0.1) is 19.0 Å². The van der Waals surface area contributed by atoms with Crippen molar-refractivity contribution < 1.29 is 18.7 Å². The zero-order valence-electron chi connectivity index (χ0n) is 14.3. The van der Waals surface area contributed by atoms with Gasteiger partial charge in [0.15, 0.2) is 0 Å². The van der Waals surface area contributed by atoms with E-state index in [1.807, 2.05) is 48.0 Å². The number of carbonyl (C=O) groups excluding carboxylic acids is 1. The number of aryl methyl sites for hydroxylation is 1. The molecule has 4 nitrogen and oxygen atoms in total. The van der Waals surface area contributed by atoms with Crippen LogP contribution in [0.25, 0.3) is 10.9 Å². The minimum Gasteiger partial charge on any atom is -0.488 e. The number of methoxy groups -OCH3 is 1. The van der Waals surface area contributed by atoms with Crippen LogP contribution in [0.5, 0.6) is 5.75 Å². The highest BCUT2D eigenvalue weighted by Gasteiger charge is 2.17. The number of nitrogens with zero attached hydrogens (tertiary/aromatic N) is 1. The first kappa shape index (κ1) is 17.0. The number of carbonyl (C=O) groups is 1. The number of fused-ring (bicyclic) bond motifs is 1. The molecule has 130 valence electrons. The lowest BCUT2D eigenvalue weighted by Crippen LogP contribution is -2.04. The molecule has 0 amide bonds. The van der Waals surface area contributed by atoms with E-state index in [1.165, 1.54) is 19.2 Å². The van der Waals surface area contributed by atoms with E-state index < -0.39 is 0 Å². The van der Waals surface area contributed by atoms with Gasteiger partial charge in [-0.25, -0.2) is 4.39 Å². The van der Waals surface area contributed by atoms with Crippen molar-refractivity contribution in [2.24, 2.45) is 0 Å². The quantitative estimate of drug-likeness (QED) is 0.634. The van der Waals surface area contributed by atoms with Gasteiger partial charge in [0, 0.05) is 24.2 Å². The molecule has 5 heteroatoms. The number of hydrogen-bond donors (Lipinski definition) is 0. The number of hydrogen-bond acceptors (Lipinski definition) is 3. The van der Waals surface area contributed by atoms with Crippen LogP contribution in [-0.2, 0) is 29.1 Å². The zero-order chi connectivity index (χ0) is 17.8. The van der Waals surface area contributed by atoms with Crippen molar-refractivity contribution in [2.45, 2.75) is 26.5 Å². The Kier molecular flexibility index (Phi) is 5.03. The summed E-state index contributed by atoms with van der Waals surface area (Å²) in [5.74, 6) is -0.272. The SMILES string of the molecule is CCn1cc(CC(=O)OC)c2c(OCc3ccccc3)cc(F)cc21. The zero-order valence-corrected chi connectivity index (χ0v) is 14.3. The van der Waals surface area contributed by atoms with Gasteiger partial charge in [-0.05, 0) is 24.1 Å². The van der Waals surface area contributed by atoms with Crippen LogP contribution >= 0.6 is 0 Å². The number of ether oxygens (including phenoxy) is 2. The fourth-order valence-corrected chi connectivity index (χ4v) is 2.91. The molecule has 25 heavy (non-hydrogen) atoms. The Morgan fingerprint density at radius 1 is 1.20 bits per heavy atom. The summed E-state index contributed by atoms with van der Waals surface area (Å²) in [4.78, 5) is 11.7. The van der Waals surface area contributed by atoms with Gasteiger partial charge in [0.2, 0.25) is 0 Å². The molecule has 0 unspecified atom stereocenters. The summed E-state index contributed by atoms with van der Waals surface area (Å²) >= 11 is 0. The predicted octanol–water partition coefficient (Wildman–Crippen LogP) is 4.09. The molecule has 3 rings (SSSR count). The molecule has 0 saturated heterocycles. The third-order valence-electron chi connectivity index (χ3n) is 4.13. The third kappa shape index (κ3) is 3.65. The second-order valence-corrected chi connectivity index (χ2v) is 5.77. The van der Waals surface area contributed by atoms with Crippen LogP contribution in [0.4, 0.5) is 4.39 Å². The monoisotopic (exact) mass is 341 g/mol.